The topological polar surface area (TPSA) is 72.4 Å². The molecular formula is C23H23N3O3. The molecule has 0 aliphatic carbocycles. The van der Waals surface area contributed by atoms with Gasteiger partial charge in [-0.3, -0.25) is 4.79 Å². The molecule has 1 atom stereocenters. The second kappa shape index (κ2) is 7.99. The van der Waals surface area contributed by atoms with Crippen molar-refractivity contribution in [1.29, 1.82) is 0 Å². The van der Waals surface area contributed by atoms with Crippen LogP contribution in [-0.2, 0) is 9.53 Å². The van der Waals surface area contributed by atoms with E-state index in [1.807, 2.05) is 44.2 Å². The number of carbonyl (C=O) groups excluding carboxylic acids is 2. The number of likely N-dealkylation sites (tertiary alicyclic amines) is 1. The van der Waals surface area contributed by atoms with Crippen LogP contribution in [0, 0.1) is 13.8 Å². The van der Waals surface area contributed by atoms with Gasteiger partial charge >= 0.3 is 5.97 Å². The highest BCUT2D eigenvalue weighted by Crippen LogP contribution is 2.25. The fraction of sp³-hybridized carbons (Fsp3) is 0.304. The molecular weight excluding hydrogens is 366 g/mol. The normalized spacial score (nSPS) is 14.8. The van der Waals surface area contributed by atoms with E-state index in [1.165, 1.54) is 0 Å². The van der Waals surface area contributed by atoms with Crippen LogP contribution < -0.4 is 0 Å². The van der Waals surface area contributed by atoms with Gasteiger partial charge in [-0.1, -0.05) is 30.3 Å². The Morgan fingerprint density at radius 2 is 1.59 bits per heavy atom. The summed E-state index contributed by atoms with van der Waals surface area (Å²) in [5.74, 6) is -0.720. The molecule has 148 valence electrons. The summed E-state index contributed by atoms with van der Waals surface area (Å²) < 4.78 is 5.72. The monoisotopic (exact) mass is 389 g/mol. The molecule has 0 bridgehead atoms. The second-order valence-corrected chi connectivity index (χ2v) is 7.33. The fourth-order valence-electron chi connectivity index (χ4n) is 3.52. The van der Waals surface area contributed by atoms with Crippen LogP contribution in [-0.4, -0.2) is 39.8 Å². The minimum absolute atomic E-state index is 0.172. The molecule has 1 aliphatic heterocycles. The van der Waals surface area contributed by atoms with Crippen molar-refractivity contribution in [2.45, 2.75) is 32.8 Å². The van der Waals surface area contributed by atoms with Crippen molar-refractivity contribution >= 4 is 22.9 Å². The van der Waals surface area contributed by atoms with Gasteiger partial charge < -0.3 is 9.64 Å². The molecule has 29 heavy (non-hydrogen) atoms. The second-order valence-electron chi connectivity index (χ2n) is 7.33. The van der Waals surface area contributed by atoms with Gasteiger partial charge in [0.25, 0.3) is 5.91 Å². The van der Waals surface area contributed by atoms with Gasteiger partial charge in [0.05, 0.1) is 28.0 Å². The van der Waals surface area contributed by atoms with Crippen molar-refractivity contribution in [3.05, 3.63) is 71.0 Å². The third-order valence-corrected chi connectivity index (χ3v) is 5.28. The van der Waals surface area contributed by atoms with Gasteiger partial charge in [0, 0.05) is 18.7 Å². The van der Waals surface area contributed by atoms with E-state index in [1.54, 1.807) is 23.1 Å². The van der Waals surface area contributed by atoms with Gasteiger partial charge in [-0.25, -0.2) is 14.8 Å². The van der Waals surface area contributed by atoms with Crippen molar-refractivity contribution in [3.63, 3.8) is 0 Å². The van der Waals surface area contributed by atoms with E-state index >= 15 is 0 Å². The highest BCUT2D eigenvalue weighted by molar-refractivity contribution is 5.95. The van der Waals surface area contributed by atoms with E-state index in [0.717, 1.165) is 29.7 Å². The first-order valence-corrected chi connectivity index (χ1v) is 9.82. The summed E-state index contributed by atoms with van der Waals surface area (Å²) in [7, 11) is 0. The Kier molecular flexibility index (Phi) is 5.25. The van der Waals surface area contributed by atoms with E-state index in [4.69, 9.17) is 4.74 Å². The molecule has 2 heterocycles. The number of nitrogens with zero attached hydrogens (tertiary/aromatic N) is 3. The molecule has 6 nitrogen and oxygen atoms in total. The van der Waals surface area contributed by atoms with E-state index < -0.39 is 12.1 Å². The van der Waals surface area contributed by atoms with E-state index in [2.05, 4.69) is 9.97 Å². The molecule has 1 amide bonds. The van der Waals surface area contributed by atoms with Crippen LogP contribution in [0.2, 0.25) is 0 Å². The van der Waals surface area contributed by atoms with Crippen LogP contribution in [0.3, 0.4) is 0 Å². The van der Waals surface area contributed by atoms with E-state index in [-0.39, 0.29) is 5.91 Å². The summed E-state index contributed by atoms with van der Waals surface area (Å²) >= 11 is 0. The van der Waals surface area contributed by atoms with Gasteiger partial charge in [0.1, 0.15) is 0 Å². The van der Waals surface area contributed by atoms with E-state index in [0.29, 0.717) is 29.7 Å². The van der Waals surface area contributed by atoms with Crippen LogP contribution in [0.25, 0.3) is 11.0 Å². The number of aromatic nitrogens is 2. The SMILES string of the molecule is Cc1nc2ccc(C(=O)OC(C(=O)N3CCCC3)c3ccccc3)cc2nc1C. The molecule has 0 N–H and O–H groups in total. The average Bonchev–Trinajstić information content (AvgIpc) is 3.27. The number of hydrogen-bond acceptors (Lipinski definition) is 5. The Labute approximate surface area is 169 Å². The van der Waals surface area contributed by atoms with E-state index in [9.17, 15) is 9.59 Å². The molecule has 2 aromatic carbocycles. The van der Waals surface area contributed by atoms with Gasteiger partial charge in [0.15, 0.2) is 0 Å². The Hall–Kier alpha value is -3.28. The first kappa shape index (κ1) is 19.1. The number of hydrogen-bond donors (Lipinski definition) is 0. The lowest BCUT2D eigenvalue weighted by molar-refractivity contribution is -0.140. The summed E-state index contributed by atoms with van der Waals surface area (Å²) in [4.78, 5) is 36.7. The molecule has 0 saturated carbocycles. The Morgan fingerprint density at radius 1 is 0.931 bits per heavy atom. The van der Waals surface area contributed by atoms with Gasteiger partial charge in [0.2, 0.25) is 6.10 Å². The molecule has 1 unspecified atom stereocenters. The van der Waals surface area contributed by atoms with Crippen molar-refractivity contribution in [2.24, 2.45) is 0 Å². The summed E-state index contributed by atoms with van der Waals surface area (Å²) in [6.07, 6.45) is 0.996. The number of esters is 1. The van der Waals surface area contributed by atoms with Crippen LogP contribution in [0.1, 0.15) is 46.3 Å². The zero-order valence-electron chi connectivity index (χ0n) is 16.6. The Bertz CT molecular complexity index is 1060. The molecule has 3 aromatic rings. The summed E-state index contributed by atoms with van der Waals surface area (Å²) in [5, 5.41) is 0. The quantitative estimate of drug-likeness (QED) is 0.635. The van der Waals surface area contributed by atoms with Gasteiger partial charge in [-0.05, 0) is 44.9 Å². The molecule has 1 aliphatic rings. The lowest BCUT2D eigenvalue weighted by Crippen LogP contribution is -2.34. The highest BCUT2D eigenvalue weighted by Gasteiger charge is 2.31. The summed E-state index contributed by atoms with van der Waals surface area (Å²) in [6, 6.07) is 14.2. The summed E-state index contributed by atoms with van der Waals surface area (Å²) in [5.41, 5.74) is 4.04. The first-order chi connectivity index (χ1) is 14.0. The van der Waals surface area contributed by atoms with Crippen molar-refractivity contribution in [2.75, 3.05) is 13.1 Å². The number of benzene rings is 2. The zero-order chi connectivity index (χ0) is 20.4. The van der Waals surface area contributed by atoms with Gasteiger partial charge in [-0.2, -0.15) is 0 Å². The number of fused-ring (bicyclic) bond motifs is 1. The molecule has 0 spiro atoms. The predicted molar refractivity (Wildman–Crippen MR) is 109 cm³/mol. The largest absolute Gasteiger partial charge is 0.444 e. The number of rotatable bonds is 4. The number of amides is 1. The molecule has 1 saturated heterocycles. The molecule has 1 fully saturated rings. The molecule has 6 heteroatoms. The number of carbonyl (C=O) groups is 2. The van der Waals surface area contributed by atoms with Gasteiger partial charge in [-0.15, -0.1) is 0 Å². The lowest BCUT2D eigenvalue weighted by Gasteiger charge is -2.23. The third kappa shape index (κ3) is 3.97. The van der Waals surface area contributed by atoms with Crippen molar-refractivity contribution < 1.29 is 14.3 Å². The standard InChI is InChI=1S/C23H23N3O3/c1-15-16(2)25-20-14-18(10-11-19(20)24-15)23(28)29-21(17-8-4-3-5-9-17)22(27)26-12-6-7-13-26/h3-5,8-11,14,21H,6-7,12-13H2,1-2H3. The molecule has 4 rings (SSSR count). The van der Waals surface area contributed by atoms with Crippen LogP contribution >= 0.6 is 0 Å². The minimum Gasteiger partial charge on any atom is -0.444 e. The summed E-state index contributed by atoms with van der Waals surface area (Å²) in [6.45, 7) is 5.18. The smallest absolute Gasteiger partial charge is 0.339 e. The lowest BCUT2D eigenvalue weighted by atomic mass is 10.1. The van der Waals surface area contributed by atoms with Crippen LogP contribution in [0.15, 0.2) is 48.5 Å². The maximum absolute atomic E-state index is 13.0. The number of aryl methyl sites for hydroxylation is 2. The highest BCUT2D eigenvalue weighted by atomic mass is 16.5. The maximum atomic E-state index is 13.0. The van der Waals surface area contributed by atoms with Crippen LogP contribution in [0.5, 0.6) is 0 Å². The maximum Gasteiger partial charge on any atom is 0.339 e. The molecule has 1 aromatic heterocycles. The average molecular weight is 389 g/mol. The van der Waals surface area contributed by atoms with Crippen molar-refractivity contribution in [3.8, 4) is 0 Å². The molecule has 0 radical (unpaired) electrons. The minimum atomic E-state index is -0.955. The number of ether oxygens (including phenoxy) is 1. The Balaban J connectivity index is 1.63. The Morgan fingerprint density at radius 3 is 2.28 bits per heavy atom. The van der Waals surface area contributed by atoms with Crippen LogP contribution in [0.4, 0.5) is 0 Å². The third-order valence-electron chi connectivity index (χ3n) is 5.28. The predicted octanol–water partition coefficient (Wildman–Crippen LogP) is 3.77. The zero-order valence-corrected chi connectivity index (χ0v) is 16.6. The van der Waals surface area contributed by atoms with Crippen molar-refractivity contribution in [1.82, 2.24) is 14.9 Å². The first-order valence-electron chi connectivity index (χ1n) is 9.82. The fourth-order valence-corrected chi connectivity index (χ4v) is 3.52.